The van der Waals surface area contributed by atoms with E-state index in [4.69, 9.17) is 0 Å². The number of ether oxygens (including phenoxy) is 1. The van der Waals surface area contributed by atoms with Crippen LogP contribution in [-0.2, 0) is 9.53 Å². The van der Waals surface area contributed by atoms with E-state index in [0.717, 1.165) is 0 Å². The largest absolute Gasteiger partial charge is 0.468 e. The summed E-state index contributed by atoms with van der Waals surface area (Å²) in [5.74, 6) is -1.72. The minimum Gasteiger partial charge on any atom is -0.468 e. The van der Waals surface area contributed by atoms with Crippen LogP contribution in [-0.4, -0.2) is 31.8 Å². The molecule has 1 aliphatic carbocycles. The summed E-state index contributed by atoms with van der Waals surface area (Å²) in [5, 5.41) is 2.89. The van der Waals surface area contributed by atoms with Crippen molar-refractivity contribution in [1.29, 1.82) is 0 Å². The van der Waals surface area contributed by atoms with E-state index < -0.39 is 29.5 Å². The number of carbonyl (C=O) groups is 1. The molecule has 1 spiro atoms. The van der Waals surface area contributed by atoms with E-state index in [2.05, 4.69) is 10.1 Å². The van der Waals surface area contributed by atoms with E-state index in [1.807, 2.05) is 0 Å². The molecule has 0 aromatic rings. The van der Waals surface area contributed by atoms with Crippen molar-refractivity contribution >= 4 is 5.97 Å². The van der Waals surface area contributed by atoms with Gasteiger partial charge in [-0.1, -0.05) is 6.42 Å². The second-order valence-electron chi connectivity index (χ2n) is 5.03. The molecule has 2 rings (SSSR count). The Morgan fingerprint density at radius 3 is 2.65 bits per heavy atom. The summed E-state index contributed by atoms with van der Waals surface area (Å²) >= 11 is 0. The van der Waals surface area contributed by atoms with Gasteiger partial charge >= 0.3 is 12.1 Å². The fourth-order valence-corrected chi connectivity index (χ4v) is 3.04. The van der Waals surface area contributed by atoms with E-state index >= 15 is 0 Å². The van der Waals surface area contributed by atoms with E-state index in [9.17, 15) is 18.0 Å². The van der Waals surface area contributed by atoms with Gasteiger partial charge in [0.2, 0.25) is 0 Å². The Labute approximate surface area is 97.7 Å². The minimum absolute atomic E-state index is 0.0449. The number of methoxy groups -OCH3 is 1. The van der Waals surface area contributed by atoms with Crippen molar-refractivity contribution in [3.63, 3.8) is 0 Å². The molecule has 1 heterocycles. The van der Waals surface area contributed by atoms with Gasteiger partial charge in [0, 0.05) is 12.0 Å². The van der Waals surface area contributed by atoms with Crippen molar-refractivity contribution in [1.82, 2.24) is 5.32 Å². The Kier molecular flexibility index (Phi) is 3.10. The quantitative estimate of drug-likeness (QED) is 0.723. The molecule has 2 aliphatic rings. The lowest BCUT2D eigenvalue weighted by atomic mass is 9.61. The Morgan fingerprint density at radius 2 is 2.18 bits per heavy atom. The van der Waals surface area contributed by atoms with Gasteiger partial charge in [-0.05, 0) is 19.3 Å². The van der Waals surface area contributed by atoms with Crippen LogP contribution in [0.25, 0.3) is 0 Å². The van der Waals surface area contributed by atoms with Crippen LogP contribution in [0.4, 0.5) is 13.2 Å². The van der Waals surface area contributed by atoms with E-state index in [-0.39, 0.29) is 12.8 Å². The third-order valence-electron chi connectivity index (χ3n) is 4.05. The lowest BCUT2D eigenvalue weighted by Crippen LogP contribution is -2.67. The fourth-order valence-electron chi connectivity index (χ4n) is 3.04. The highest BCUT2D eigenvalue weighted by molar-refractivity contribution is 5.78. The van der Waals surface area contributed by atoms with Crippen molar-refractivity contribution < 1.29 is 22.7 Å². The second-order valence-corrected chi connectivity index (χ2v) is 5.03. The summed E-state index contributed by atoms with van der Waals surface area (Å²) in [4.78, 5) is 11.5. The molecular formula is C11H16F3NO2. The predicted octanol–water partition coefficient (Wildman–Crippen LogP) is 1.87. The number of nitrogens with one attached hydrogen (secondary N) is 1. The average Bonchev–Trinajstić information content (AvgIpc) is 2.26. The molecule has 0 radical (unpaired) electrons. The number of alkyl halides is 3. The second kappa shape index (κ2) is 4.15. The van der Waals surface area contributed by atoms with Crippen molar-refractivity contribution in [3.8, 4) is 0 Å². The predicted molar refractivity (Wildman–Crippen MR) is 54.3 cm³/mol. The lowest BCUT2D eigenvalue weighted by molar-refractivity contribution is -0.202. The number of carbonyl (C=O) groups excluding carboxylic acids is 1. The molecule has 1 aliphatic heterocycles. The lowest BCUT2D eigenvalue weighted by Gasteiger charge is -2.53. The first kappa shape index (κ1) is 12.7. The van der Waals surface area contributed by atoms with Gasteiger partial charge in [-0.3, -0.25) is 4.79 Å². The molecule has 0 unspecified atom stereocenters. The fraction of sp³-hybridized carbons (Fsp3) is 0.909. The Bertz CT molecular complexity index is 318. The van der Waals surface area contributed by atoms with Crippen LogP contribution in [0.5, 0.6) is 0 Å². The van der Waals surface area contributed by atoms with Crippen LogP contribution < -0.4 is 5.32 Å². The normalized spacial score (nSPS) is 37.6. The first-order chi connectivity index (χ1) is 7.89. The Balaban J connectivity index is 2.09. The number of rotatable bonds is 1. The van der Waals surface area contributed by atoms with Gasteiger partial charge in [0.1, 0.15) is 6.04 Å². The summed E-state index contributed by atoms with van der Waals surface area (Å²) in [5.41, 5.74) is -0.536. The van der Waals surface area contributed by atoms with Crippen molar-refractivity contribution in [2.45, 2.75) is 37.9 Å². The molecule has 6 heteroatoms. The minimum atomic E-state index is -4.15. The Hall–Kier alpha value is -0.780. The summed E-state index contributed by atoms with van der Waals surface area (Å²) in [6, 6.07) is -0.558. The summed E-state index contributed by atoms with van der Waals surface area (Å²) in [6.45, 7) is 0.485. The van der Waals surface area contributed by atoms with Crippen LogP contribution >= 0.6 is 0 Å². The molecule has 1 saturated carbocycles. The van der Waals surface area contributed by atoms with E-state index in [1.165, 1.54) is 7.11 Å². The molecule has 2 fully saturated rings. The SMILES string of the molecule is COC(=O)[C@@H]1NC[C@]12CCC[C@@H](C(F)(F)F)C2. The smallest absolute Gasteiger partial charge is 0.391 e. The monoisotopic (exact) mass is 251 g/mol. The van der Waals surface area contributed by atoms with Crippen molar-refractivity contribution in [2.24, 2.45) is 11.3 Å². The molecule has 0 bridgehead atoms. The molecule has 98 valence electrons. The van der Waals surface area contributed by atoms with E-state index in [0.29, 0.717) is 19.4 Å². The molecule has 17 heavy (non-hydrogen) atoms. The van der Waals surface area contributed by atoms with Crippen LogP contribution in [0.2, 0.25) is 0 Å². The van der Waals surface area contributed by atoms with Gasteiger partial charge in [0.25, 0.3) is 0 Å². The summed E-state index contributed by atoms with van der Waals surface area (Å²) < 4.78 is 42.8. The zero-order chi connectivity index (χ0) is 12.7. The maximum absolute atomic E-state index is 12.7. The van der Waals surface area contributed by atoms with Crippen molar-refractivity contribution in [2.75, 3.05) is 13.7 Å². The molecule has 0 aromatic heterocycles. The van der Waals surface area contributed by atoms with Crippen LogP contribution in [0.1, 0.15) is 25.7 Å². The average molecular weight is 251 g/mol. The molecule has 0 amide bonds. The molecule has 3 atom stereocenters. The van der Waals surface area contributed by atoms with Gasteiger partial charge < -0.3 is 10.1 Å². The molecule has 3 nitrogen and oxygen atoms in total. The van der Waals surface area contributed by atoms with E-state index in [1.54, 1.807) is 0 Å². The van der Waals surface area contributed by atoms with Crippen LogP contribution in [0.15, 0.2) is 0 Å². The van der Waals surface area contributed by atoms with Gasteiger partial charge in [0.15, 0.2) is 0 Å². The number of esters is 1. The zero-order valence-corrected chi connectivity index (χ0v) is 9.64. The first-order valence-corrected chi connectivity index (χ1v) is 5.77. The van der Waals surface area contributed by atoms with Gasteiger partial charge in [-0.15, -0.1) is 0 Å². The maximum Gasteiger partial charge on any atom is 0.391 e. The number of hydrogen-bond donors (Lipinski definition) is 1. The summed E-state index contributed by atoms with van der Waals surface area (Å²) in [6.07, 6.45) is -2.72. The maximum atomic E-state index is 12.7. The highest BCUT2D eigenvalue weighted by atomic mass is 19.4. The standard InChI is InChI=1S/C11H16F3NO2/c1-17-9(16)8-10(6-15-8)4-2-3-7(5-10)11(12,13)14/h7-8,15H,2-6H2,1H3/t7-,8+,10-/m1/s1. The third-order valence-corrected chi connectivity index (χ3v) is 4.05. The molecule has 1 saturated heterocycles. The van der Waals surface area contributed by atoms with Crippen LogP contribution in [0, 0.1) is 11.3 Å². The van der Waals surface area contributed by atoms with Gasteiger partial charge in [-0.25, -0.2) is 0 Å². The zero-order valence-electron chi connectivity index (χ0n) is 9.64. The Morgan fingerprint density at radius 1 is 1.47 bits per heavy atom. The van der Waals surface area contributed by atoms with Gasteiger partial charge in [0.05, 0.1) is 13.0 Å². The molecular weight excluding hydrogens is 235 g/mol. The van der Waals surface area contributed by atoms with Gasteiger partial charge in [-0.2, -0.15) is 13.2 Å². The molecule has 1 N–H and O–H groups in total. The number of hydrogen-bond acceptors (Lipinski definition) is 3. The van der Waals surface area contributed by atoms with Crippen LogP contribution in [0.3, 0.4) is 0 Å². The molecule has 0 aromatic carbocycles. The highest BCUT2D eigenvalue weighted by Crippen LogP contribution is 2.50. The summed E-state index contributed by atoms with van der Waals surface area (Å²) in [7, 11) is 1.26. The first-order valence-electron chi connectivity index (χ1n) is 5.77. The third kappa shape index (κ3) is 2.14. The topological polar surface area (TPSA) is 38.3 Å². The van der Waals surface area contributed by atoms with Crippen molar-refractivity contribution in [3.05, 3.63) is 0 Å². The highest BCUT2D eigenvalue weighted by Gasteiger charge is 2.57. The number of halogens is 3.